The maximum atomic E-state index is 3.75. The molecule has 1 aliphatic rings. The second-order valence-electron chi connectivity index (χ2n) is 3.73. The minimum Gasteiger partial charge on any atom is -0.311 e. The van der Waals surface area contributed by atoms with E-state index in [1.54, 1.807) is 0 Å². The number of hydrogen-bond donors (Lipinski definition) is 1. The molecule has 0 saturated carbocycles. The van der Waals surface area contributed by atoms with Crippen molar-refractivity contribution in [1.29, 1.82) is 0 Å². The van der Waals surface area contributed by atoms with E-state index in [0.717, 1.165) is 19.5 Å². The summed E-state index contributed by atoms with van der Waals surface area (Å²) >= 11 is 0. The van der Waals surface area contributed by atoms with Gasteiger partial charge in [-0.1, -0.05) is 6.08 Å². The van der Waals surface area contributed by atoms with Gasteiger partial charge >= 0.3 is 0 Å². The average molecular weight is 168 g/mol. The highest BCUT2D eigenvalue weighted by Gasteiger charge is 2.20. The number of rotatable bonds is 3. The molecule has 0 aliphatic carbocycles. The number of nitrogens with zero attached hydrogens (tertiary/aromatic N) is 1. The average Bonchev–Trinajstić information content (AvgIpc) is 2.07. The summed E-state index contributed by atoms with van der Waals surface area (Å²) in [5.41, 5.74) is 0. The Labute approximate surface area is 75.6 Å². The van der Waals surface area contributed by atoms with Gasteiger partial charge < -0.3 is 5.32 Å². The van der Waals surface area contributed by atoms with E-state index in [1.165, 1.54) is 6.54 Å². The van der Waals surface area contributed by atoms with Gasteiger partial charge in [-0.3, -0.25) is 4.90 Å². The molecule has 1 N–H and O–H groups in total. The largest absolute Gasteiger partial charge is 0.311 e. The molecular formula is C10H20N2. The summed E-state index contributed by atoms with van der Waals surface area (Å²) in [5, 5.41) is 3.47. The van der Waals surface area contributed by atoms with Gasteiger partial charge in [-0.25, -0.2) is 0 Å². The van der Waals surface area contributed by atoms with Crippen molar-refractivity contribution in [2.45, 2.75) is 32.4 Å². The summed E-state index contributed by atoms with van der Waals surface area (Å²) in [6.07, 6.45) is 3.11. The Morgan fingerprint density at radius 2 is 2.33 bits per heavy atom. The molecule has 0 bridgehead atoms. The summed E-state index contributed by atoms with van der Waals surface area (Å²) in [5.74, 6) is 0. The van der Waals surface area contributed by atoms with E-state index in [2.05, 4.69) is 30.6 Å². The fourth-order valence-corrected chi connectivity index (χ4v) is 1.67. The van der Waals surface area contributed by atoms with Crippen LogP contribution in [0, 0.1) is 0 Å². The van der Waals surface area contributed by atoms with Crippen molar-refractivity contribution in [2.75, 3.05) is 19.6 Å². The van der Waals surface area contributed by atoms with Crippen LogP contribution in [0.15, 0.2) is 12.7 Å². The van der Waals surface area contributed by atoms with Crippen molar-refractivity contribution in [3.8, 4) is 0 Å². The van der Waals surface area contributed by atoms with Crippen molar-refractivity contribution < 1.29 is 0 Å². The quantitative estimate of drug-likeness (QED) is 0.638. The van der Waals surface area contributed by atoms with Gasteiger partial charge in [0, 0.05) is 31.7 Å². The van der Waals surface area contributed by atoms with Gasteiger partial charge in [0.2, 0.25) is 0 Å². The lowest BCUT2D eigenvalue weighted by Crippen LogP contribution is -2.54. The van der Waals surface area contributed by atoms with Gasteiger partial charge in [-0.15, -0.1) is 6.58 Å². The SMILES string of the molecule is C=CCCN1CC(C)NCC1C. The number of nitrogens with one attached hydrogen (secondary N) is 1. The molecule has 2 heteroatoms. The third kappa shape index (κ3) is 2.61. The second-order valence-corrected chi connectivity index (χ2v) is 3.73. The fourth-order valence-electron chi connectivity index (χ4n) is 1.67. The Morgan fingerprint density at radius 3 is 3.00 bits per heavy atom. The van der Waals surface area contributed by atoms with E-state index in [4.69, 9.17) is 0 Å². The number of piperazine rings is 1. The van der Waals surface area contributed by atoms with Crippen LogP contribution in [0.5, 0.6) is 0 Å². The lowest BCUT2D eigenvalue weighted by Gasteiger charge is -2.37. The van der Waals surface area contributed by atoms with Crippen LogP contribution in [-0.4, -0.2) is 36.6 Å². The molecule has 12 heavy (non-hydrogen) atoms. The smallest absolute Gasteiger partial charge is 0.0193 e. The minimum absolute atomic E-state index is 0.644. The fraction of sp³-hybridized carbons (Fsp3) is 0.800. The lowest BCUT2D eigenvalue weighted by molar-refractivity contribution is 0.149. The maximum absolute atomic E-state index is 3.75. The van der Waals surface area contributed by atoms with Gasteiger partial charge in [0.15, 0.2) is 0 Å². The summed E-state index contributed by atoms with van der Waals surface area (Å²) in [6, 6.07) is 1.33. The molecule has 1 rings (SSSR count). The molecule has 0 aromatic carbocycles. The molecule has 1 fully saturated rings. The molecule has 1 saturated heterocycles. The first-order valence-electron chi connectivity index (χ1n) is 4.82. The molecule has 70 valence electrons. The molecule has 0 aromatic heterocycles. The van der Waals surface area contributed by atoms with E-state index in [1.807, 2.05) is 6.08 Å². The monoisotopic (exact) mass is 168 g/mol. The maximum Gasteiger partial charge on any atom is 0.0193 e. The molecule has 2 nitrogen and oxygen atoms in total. The van der Waals surface area contributed by atoms with Crippen LogP contribution in [0.3, 0.4) is 0 Å². The molecule has 0 amide bonds. The van der Waals surface area contributed by atoms with Gasteiger partial charge in [-0.05, 0) is 20.3 Å². The summed E-state index contributed by atoms with van der Waals surface area (Å²) < 4.78 is 0. The van der Waals surface area contributed by atoms with E-state index in [0.29, 0.717) is 12.1 Å². The summed E-state index contributed by atoms with van der Waals surface area (Å²) in [7, 11) is 0. The highest BCUT2D eigenvalue weighted by atomic mass is 15.2. The first-order chi connectivity index (χ1) is 5.74. The second kappa shape index (κ2) is 4.63. The van der Waals surface area contributed by atoms with Crippen LogP contribution in [0.1, 0.15) is 20.3 Å². The van der Waals surface area contributed by atoms with Crippen molar-refractivity contribution >= 4 is 0 Å². The predicted molar refractivity (Wildman–Crippen MR) is 53.3 cm³/mol. The van der Waals surface area contributed by atoms with Crippen molar-refractivity contribution in [3.05, 3.63) is 12.7 Å². The van der Waals surface area contributed by atoms with Crippen molar-refractivity contribution in [2.24, 2.45) is 0 Å². The van der Waals surface area contributed by atoms with Crippen LogP contribution >= 0.6 is 0 Å². The Balaban J connectivity index is 2.32. The van der Waals surface area contributed by atoms with Gasteiger partial charge in [0.05, 0.1) is 0 Å². The molecule has 0 radical (unpaired) electrons. The highest BCUT2D eigenvalue weighted by Crippen LogP contribution is 2.06. The molecule has 2 atom stereocenters. The van der Waals surface area contributed by atoms with Crippen molar-refractivity contribution in [1.82, 2.24) is 10.2 Å². The normalized spacial score (nSPS) is 31.8. The molecule has 1 aliphatic heterocycles. The molecule has 1 heterocycles. The lowest BCUT2D eigenvalue weighted by atomic mass is 10.1. The third-order valence-electron chi connectivity index (χ3n) is 2.51. The van der Waals surface area contributed by atoms with Gasteiger partial charge in [-0.2, -0.15) is 0 Å². The van der Waals surface area contributed by atoms with E-state index >= 15 is 0 Å². The Kier molecular flexibility index (Phi) is 3.76. The Hall–Kier alpha value is -0.340. The molecule has 0 aromatic rings. The first kappa shape index (κ1) is 9.75. The first-order valence-corrected chi connectivity index (χ1v) is 4.82. The van der Waals surface area contributed by atoms with Gasteiger partial charge in [0.25, 0.3) is 0 Å². The van der Waals surface area contributed by atoms with E-state index < -0.39 is 0 Å². The highest BCUT2D eigenvalue weighted by molar-refractivity contribution is 4.82. The zero-order valence-electron chi connectivity index (χ0n) is 8.21. The zero-order valence-corrected chi connectivity index (χ0v) is 8.21. The Bertz CT molecular complexity index is 145. The number of hydrogen-bond acceptors (Lipinski definition) is 2. The standard InChI is InChI=1S/C10H20N2/c1-4-5-6-12-8-9(2)11-7-10(12)3/h4,9-11H,1,5-8H2,2-3H3. The van der Waals surface area contributed by atoms with Crippen LogP contribution in [0.2, 0.25) is 0 Å². The van der Waals surface area contributed by atoms with E-state index in [9.17, 15) is 0 Å². The minimum atomic E-state index is 0.644. The Morgan fingerprint density at radius 1 is 1.58 bits per heavy atom. The molecular weight excluding hydrogens is 148 g/mol. The molecule has 2 unspecified atom stereocenters. The van der Waals surface area contributed by atoms with Crippen LogP contribution in [-0.2, 0) is 0 Å². The topological polar surface area (TPSA) is 15.3 Å². The van der Waals surface area contributed by atoms with Crippen molar-refractivity contribution in [3.63, 3.8) is 0 Å². The van der Waals surface area contributed by atoms with Crippen LogP contribution in [0.25, 0.3) is 0 Å². The predicted octanol–water partition coefficient (Wildman–Crippen LogP) is 1.24. The summed E-state index contributed by atoms with van der Waals surface area (Å²) in [4.78, 5) is 2.53. The molecule has 0 spiro atoms. The van der Waals surface area contributed by atoms with Gasteiger partial charge in [0.1, 0.15) is 0 Å². The zero-order chi connectivity index (χ0) is 8.97. The van der Waals surface area contributed by atoms with E-state index in [-0.39, 0.29) is 0 Å². The third-order valence-corrected chi connectivity index (χ3v) is 2.51. The van der Waals surface area contributed by atoms with Crippen LogP contribution in [0.4, 0.5) is 0 Å². The summed E-state index contributed by atoms with van der Waals surface area (Å²) in [6.45, 7) is 11.7. The van der Waals surface area contributed by atoms with Crippen LogP contribution < -0.4 is 5.32 Å².